The Morgan fingerprint density at radius 1 is 1.67 bits per heavy atom. The maximum absolute atomic E-state index is 13.4. The molecule has 0 bridgehead atoms. The molecule has 82 valence electrons. The van der Waals surface area contributed by atoms with Gasteiger partial charge >= 0.3 is 11.4 Å². The molecule has 7 heteroatoms. The van der Waals surface area contributed by atoms with Crippen LogP contribution in [0.25, 0.3) is 0 Å². The summed E-state index contributed by atoms with van der Waals surface area (Å²) in [4.78, 5) is 3.74. The molecule has 1 N–H and O–H groups in total. The van der Waals surface area contributed by atoms with Crippen LogP contribution in [0.3, 0.4) is 0 Å². The molecular formula is C8H7F2NO3S. The van der Waals surface area contributed by atoms with Crippen molar-refractivity contribution < 1.29 is 21.7 Å². The molecule has 4 nitrogen and oxygen atoms in total. The molecule has 15 heavy (non-hydrogen) atoms. The van der Waals surface area contributed by atoms with Gasteiger partial charge in [0.1, 0.15) is 0 Å². The van der Waals surface area contributed by atoms with Crippen molar-refractivity contribution in [1.29, 1.82) is 0 Å². The molecule has 2 atom stereocenters. The van der Waals surface area contributed by atoms with Gasteiger partial charge in [-0.25, -0.2) is 8.78 Å². The lowest BCUT2D eigenvalue weighted by Crippen LogP contribution is -2.25. The van der Waals surface area contributed by atoms with Crippen LogP contribution in [0.1, 0.15) is 17.4 Å². The van der Waals surface area contributed by atoms with Crippen LogP contribution in [0.4, 0.5) is 8.78 Å². The average molecular weight is 235 g/mol. The highest BCUT2D eigenvalue weighted by Gasteiger charge is 2.50. The van der Waals surface area contributed by atoms with Crippen molar-refractivity contribution in [2.24, 2.45) is 0 Å². The summed E-state index contributed by atoms with van der Waals surface area (Å²) < 4.78 is 49.8. The largest absolute Gasteiger partial charge is 0.302 e. The van der Waals surface area contributed by atoms with Crippen molar-refractivity contribution in [3.05, 3.63) is 29.6 Å². The molecule has 0 amide bonds. The van der Waals surface area contributed by atoms with Gasteiger partial charge in [0.2, 0.25) is 0 Å². The van der Waals surface area contributed by atoms with E-state index in [2.05, 4.69) is 9.17 Å². The second-order valence-electron chi connectivity index (χ2n) is 3.18. The Kier molecular flexibility index (Phi) is 2.53. The molecule has 0 fully saturated rings. The molecule has 0 radical (unpaired) electrons. The molecule has 1 aromatic rings. The van der Waals surface area contributed by atoms with Crippen molar-refractivity contribution in [1.82, 2.24) is 4.98 Å². The molecule has 2 rings (SSSR count). The molecule has 1 aliphatic carbocycles. The van der Waals surface area contributed by atoms with Crippen LogP contribution < -0.4 is 0 Å². The minimum absolute atomic E-state index is 0.0323. The van der Waals surface area contributed by atoms with Crippen LogP contribution in [-0.2, 0) is 22.0 Å². The number of hydrogen-bond acceptors (Lipinski definition) is 3. The van der Waals surface area contributed by atoms with E-state index < -0.39 is 29.8 Å². The normalized spacial score (nSPS) is 24.9. The number of aromatic nitrogens is 1. The number of rotatable bonds is 2. The third-order valence-electron chi connectivity index (χ3n) is 2.16. The standard InChI is InChI=1S/C8H7F2NO3S/c9-8(10)4-5-2-1-3-11-6(5)7(8)14-15(12)13/h1-3,7H,4H2,(H,12,13). The second kappa shape index (κ2) is 3.58. The van der Waals surface area contributed by atoms with E-state index in [4.69, 9.17) is 4.55 Å². The highest BCUT2D eigenvalue weighted by atomic mass is 32.2. The topological polar surface area (TPSA) is 59.4 Å². The number of nitrogens with zero attached hydrogens (tertiary/aromatic N) is 1. The first-order chi connectivity index (χ1) is 7.00. The van der Waals surface area contributed by atoms with Gasteiger partial charge < -0.3 is 0 Å². The highest BCUT2D eigenvalue weighted by molar-refractivity contribution is 7.74. The molecule has 0 saturated carbocycles. The first-order valence-electron chi connectivity index (χ1n) is 4.10. The minimum atomic E-state index is -3.19. The van der Waals surface area contributed by atoms with Crippen LogP contribution in [0.2, 0.25) is 0 Å². The maximum Gasteiger partial charge on any atom is 0.302 e. The second-order valence-corrected chi connectivity index (χ2v) is 3.81. The summed E-state index contributed by atoms with van der Waals surface area (Å²) in [6.45, 7) is 0. The van der Waals surface area contributed by atoms with Gasteiger partial charge in [-0.1, -0.05) is 6.07 Å². The third kappa shape index (κ3) is 1.90. The van der Waals surface area contributed by atoms with Gasteiger partial charge in [-0.15, -0.1) is 0 Å². The quantitative estimate of drug-likeness (QED) is 0.788. The molecule has 0 aromatic carbocycles. The van der Waals surface area contributed by atoms with Crippen molar-refractivity contribution in [2.45, 2.75) is 18.4 Å². The Hall–Kier alpha value is -0.920. The van der Waals surface area contributed by atoms with Crippen LogP contribution >= 0.6 is 0 Å². The predicted molar refractivity (Wildman–Crippen MR) is 47.5 cm³/mol. The van der Waals surface area contributed by atoms with Crippen molar-refractivity contribution >= 4 is 11.4 Å². The van der Waals surface area contributed by atoms with E-state index in [1.165, 1.54) is 18.3 Å². The zero-order chi connectivity index (χ0) is 11.1. The molecule has 2 unspecified atom stereocenters. The van der Waals surface area contributed by atoms with Gasteiger partial charge in [-0.05, 0) is 11.6 Å². The number of alkyl halides is 2. The van der Waals surface area contributed by atoms with E-state index in [9.17, 15) is 13.0 Å². The molecule has 1 aliphatic rings. The average Bonchev–Trinajstić information content (AvgIpc) is 2.37. The lowest BCUT2D eigenvalue weighted by atomic mass is 10.2. The molecule has 1 heterocycles. The van der Waals surface area contributed by atoms with E-state index in [0.29, 0.717) is 5.56 Å². The fraction of sp³-hybridized carbons (Fsp3) is 0.375. The van der Waals surface area contributed by atoms with Crippen molar-refractivity contribution in [2.75, 3.05) is 0 Å². The van der Waals surface area contributed by atoms with Gasteiger partial charge in [0.05, 0.1) is 5.69 Å². The fourth-order valence-corrected chi connectivity index (χ4v) is 1.98. The van der Waals surface area contributed by atoms with Gasteiger partial charge in [-0.3, -0.25) is 13.7 Å². The van der Waals surface area contributed by atoms with E-state index in [0.717, 1.165) is 0 Å². The summed E-state index contributed by atoms with van der Waals surface area (Å²) in [5, 5.41) is 0. The lowest BCUT2D eigenvalue weighted by Gasteiger charge is -2.16. The van der Waals surface area contributed by atoms with Gasteiger partial charge in [-0.2, -0.15) is 4.21 Å². The monoisotopic (exact) mass is 235 g/mol. The third-order valence-corrected chi connectivity index (χ3v) is 2.52. The number of pyridine rings is 1. The van der Waals surface area contributed by atoms with Crippen LogP contribution in [-0.4, -0.2) is 19.7 Å². The van der Waals surface area contributed by atoms with Gasteiger partial charge in [0.25, 0.3) is 5.92 Å². The summed E-state index contributed by atoms with van der Waals surface area (Å²) in [5.74, 6) is -3.19. The summed E-state index contributed by atoms with van der Waals surface area (Å²) >= 11 is -2.73. The molecule has 1 aromatic heterocycles. The minimum Gasteiger partial charge on any atom is -0.284 e. The Labute approximate surface area is 86.8 Å². The molecule has 0 saturated heterocycles. The number of fused-ring (bicyclic) bond motifs is 1. The summed E-state index contributed by atoms with van der Waals surface area (Å²) in [7, 11) is 0. The SMILES string of the molecule is O=S(O)OC1c2ncccc2CC1(F)F. The van der Waals surface area contributed by atoms with Crippen LogP contribution in [0.5, 0.6) is 0 Å². The zero-order valence-corrected chi connectivity index (χ0v) is 8.21. The van der Waals surface area contributed by atoms with Gasteiger partial charge in [0, 0.05) is 12.6 Å². The number of hydrogen-bond donors (Lipinski definition) is 1. The molecular weight excluding hydrogens is 228 g/mol. The smallest absolute Gasteiger partial charge is 0.284 e. The Balaban J connectivity index is 2.38. The maximum atomic E-state index is 13.4. The van der Waals surface area contributed by atoms with Crippen molar-refractivity contribution in [3.63, 3.8) is 0 Å². The fourth-order valence-electron chi connectivity index (χ4n) is 1.58. The van der Waals surface area contributed by atoms with Crippen LogP contribution in [0, 0.1) is 0 Å². The van der Waals surface area contributed by atoms with Gasteiger partial charge in [0.15, 0.2) is 6.10 Å². The van der Waals surface area contributed by atoms with E-state index in [1.807, 2.05) is 0 Å². The Bertz CT molecular complexity index is 413. The highest BCUT2D eigenvalue weighted by Crippen LogP contribution is 2.44. The Morgan fingerprint density at radius 3 is 3.07 bits per heavy atom. The summed E-state index contributed by atoms with van der Waals surface area (Å²) in [6.07, 6.45) is -0.908. The van der Waals surface area contributed by atoms with Crippen LogP contribution in [0.15, 0.2) is 18.3 Å². The van der Waals surface area contributed by atoms with E-state index in [-0.39, 0.29) is 5.69 Å². The summed E-state index contributed by atoms with van der Waals surface area (Å²) in [6, 6.07) is 3.03. The first kappa shape index (κ1) is 10.6. The van der Waals surface area contributed by atoms with E-state index >= 15 is 0 Å². The first-order valence-corrected chi connectivity index (χ1v) is 5.13. The predicted octanol–water partition coefficient (Wildman–Crippen LogP) is 1.47. The lowest BCUT2D eigenvalue weighted by molar-refractivity contribution is -0.0840. The molecule has 0 aliphatic heterocycles. The summed E-state index contributed by atoms with van der Waals surface area (Å²) in [5.41, 5.74) is 0.378. The number of halogens is 2. The zero-order valence-electron chi connectivity index (χ0n) is 7.39. The Morgan fingerprint density at radius 2 is 2.40 bits per heavy atom. The van der Waals surface area contributed by atoms with Crippen molar-refractivity contribution in [3.8, 4) is 0 Å². The molecule has 0 spiro atoms. The van der Waals surface area contributed by atoms with E-state index in [1.54, 1.807) is 0 Å².